The Morgan fingerprint density at radius 3 is 2.68 bits per heavy atom. The molecule has 1 aliphatic carbocycles. The number of nitrogens with zero attached hydrogens (tertiary/aromatic N) is 2. The molecule has 0 atom stereocenters. The Morgan fingerprint density at radius 2 is 1.95 bits per heavy atom. The molecule has 0 aliphatic heterocycles. The van der Waals surface area contributed by atoms with Crippen molar-refractivity contribution < 1.29 is 0 Å². The largest absolute Gasteiger partial charge is 0.297 e. The number of nitrogens with one attached hydrogen (secondary N) is 1. The van der Waals surface area contributed by atoms with Crippen molar-refractivity contribution in [2.24, 2.45) is 0 Å². The van der Waals surface area contributed by atoms with Gasteiger partial charge in [0, 0.05) is 16.1 Å². The van der Waals surface area contributed by atoms with Crippen LogP contribution in [0.1, 0.15) is 38.1 Å². The van der Waals surface area contributed by atoms with E-state index in [9.17, 15) is 0 Å². The van der Waals surface area contributed by atoms with E-state index in [1.54, 1.807) is 0 Å². The van der Waals surface area contributed by atoms with E-state index in [1.807, 2.05) is 18.2 Å². The van der Waals surface area contributed by atoms with Gasteiger partial charge in [-0.15, -0.1) is 0 Å². The standard InChI is InChI=1S/C14H16BrN3S/c15-12-9-5-4-8-11(12)13-16-17-14(19)18(13)10-6-2-1-3-7-10/h4-5,8-10H,1-3,6-7H2,(H,17,19). The first-order chi connectivity index (χ1) is 9.27. The summed E-state index contributed by atoms with van der Waals surface area (Å²) in [5.41, 5.74) is 1.10. The molecular weight excluding hydrogens is 322 g/mol. The molecule has 1 N–H and O–H groups in total. The number of aromatic nitrogens is 3. The van der Waals surface area contributed by atoms with Crippen LogP contribution in [-0.2, 0) is 0 Å². The second-order valence-electron chi connectivity index (χ2n) is 4.99. The maximum Gasteiger partial charge on any atom is 0.195 e. The first kappa shape index (κ1) is 13.1. The highest BCUT2D eigenvalue weighted by molar-refractivity contribution is 9.10. The average Bonchev–Trinajstić information content (AvgIpc) is 2.82. The fourth-order valence-electron chi connectivity index (χ4n) is 2.82. The maximum absolute atomic E-state index is 5.43. The third-order valence-electron chi connectivity index (χ3n) is 3.76. The number of hydrogen-bond acceptors (Lipinski definition) is 2. The van der Waals surface area contributed by atoms with Crippen molar-refractivity contribution >= 4 is 28.1 Å². The second-order valence-corrected chi connectivity index (χ2v) is 6.24. The predicted molar refractivity (Wildman–Crippen MR) is 82.7 cm³/mol. The number of hydrogen-bond donors (Lipinski definition) is 1. The van der Waals surface area contributed by atoms with Crippen LogP contribution in [0, 0.1) is 4.77 Å². The third kappa shape index (κ3) is 2.54. The molecule has 1 fully saturated rings. The van der Waals surface area contributed by atoms with Gasteiger partial charge in [-0.2, -0.15) is 5.10 Å². The van der Waals surface area contributed by atoms with Gasteiger partial charge in [-0.25, -0.2) is 0 Å². The number of H-pyrrole nitrogens is 1. The van der Waals surface area contributed by atoms with Crippen molar-refractivity contribution in [1.29, 1.82) is 0 Å². The minimum absolute atomic E-state index is 0.488. The first-order valence-electron chi connectivity index (χ1n) is 6.69. The van der Waals surface area contributed by atoms with Crippen LogP contribution < -0.4 is 0 Å². The second kappa shape index (κ2) is 5.59. The quantitative estimate of drug-likeness (QED) is 0.792. The summed E-state index contributed by atoms with van der Waals surface area (Å²) in [7, 11) is 0. The lowest BCUT2D eigenvalue weighted by Gasteiger charge is -2.24. The highest BCUT2D eigenvalue weighted by atomic mass is 79.9. The van der Waals surface area contributed by atoms with Crippen LogP contribution in [-0.4, -0.2) is 14.8 Å². The van der Waals surface area contributed by atoms with Crippen molar-refractivity contribution in [3.63, 3.8) is 0 Å². The summed E-state index contributed by atoms with van der Waals surface area (Å²) in [6.07, 6.45) is 6.31. The molecule has 0 amide bonds. The van der Waals surface area contributed by atoms with E-state index >= 15 is 0 Å². The van der Waals surface area contributed by atoms with E-state index in [1.165, 1.54) is 32.1 Å². The molecule has 1 aromatic heterocycles. The zero-order valence-corrected chi connectivity index (χ0v) is 13.0. The van der Waals surface area contributed by atoms with Gasteiger partial charge in [-0.05, 0) is 31.1 Å². The van der Waals surface area contributed by atoms with E-state index in [-0.39, 0.29) is 0 Å². The molecule has 1 aliphatic rings. The van der Waals surface area contributed by atoms with Crippen LogP contribution >= 0.6 is 28.1 Å². The fraction of sp³-hybridized carbons (Fsp3) is 0.429. The Balaban J connectivity index is 2.08. The average molecular weight is 338 g/mol. The van der Waals surface area contributed by atoms with E-state index < -0.39 is 0 Å². The fourth-order valence-corrected chi connectivity index (χ4v) is 3.56. The number of halogens is 1. The van der Waals surface area contributed by atoms with Crippen LogP contribution in [0.15, 0.2) is 28.7 Å². The van der Waals surface area contributed by atoms with Gasteiger partial charge in [-0.1, -0.05) is 53.4 Å². The number of rotatable bonds is 2. The summed E-state index contributed by atoms with van der Waals surface area (Å²) in [6.45, 7) is 0. The van der Waals surface area contributed by atoms with Crippen LogP contribution in [0.3, 0.4) is 0 Å². The lowest BCUT2D eigenvalue weighted by Crippen LogP contribution is -2.14. The topological polar surface area (TPSA) is 33.6 Å². The van der Waals surface area contributed by atoms with Crippen LogP contribution in [0.2, 0.25) is 0 Å². The summed E-state index contributed by atoms with van der Waals surface area (Å²) >= 11 is 9.03. The van der Waals surface area contributed by atoms with Crippen LogP contribution in [0.25, 0.3) is 11.4 Å². The van der Waals surface area contributed by atoms with Crippen LogP contribution in [0.5, 0.6) is 0 Å². The first-order valence-corrected chi connectivity index (χ1v) is 7.89. The molecule has 1 heterocycles. The molecule has 3 nitrogen and oxygen atoms in total. The Bertz CT molecular complexity index is 626. The molecule has 0 unspecified atom stereocenters. The summed E-state index contributed by atoms with van der Waals surface area (Å²) in [4.78, 5) is 0. The highest BCUT2D eigenvalue weighted by Gasteiger charge is 2.21. The summed E-state index contributed by atoms with van der Waals surface area (Å²) in [6, 6.07) is 8.65. The zero-order valence-electron chi connectivity index (χ0n) is 10.6. The summed E-state index contributed by atoms with van der Waals surface area (Å²) in [5.74, 6) is 0.948. The summed E-state index contributed by atoms with van der Waals surface area (Å²) < 4.78 is 3.99. The lowest BCUT2D eigenvalue weighted by molar-refractivity contribution is 0.352. The molecule has 100 valence electrons. The Hall–Kier alpha value is -0.940. The molecule has 3 rings (SSSR count). The van der Waals surface area contributed by atoms with E-state index in [0.717, 1.165) is 20.6 Å². The third-order valence-corrected chi connectivity index (χ3v) is 4.74. The smallest absolute Gasteiger partial charge is 0.195 e. The molecule has 5 heteroatoms. The highest BCUT2D eigenvalue weighted by Crippen LogP contribution is 2.34. The van der Waals surface area contributed by atoms with Crippen molar-refractivity contribution in [2.45, 2.75) is 38.1 Å². The molecule has 1 saturated carbocycles. The minimum atomic E-state index is 0.488. The molecule has 0 spiro atoms. The van der Waals surface area contributed by atoms with Crippen molar-refractivity contribution in [3.8, 4) is 11.4 Å². The maximum atomic E-state index is 5.43. The number of benzene rings is 1. The van der Waals surface area contributed by atoms with Crippen molar-refractivity contribution in [3.05, 3.63) is 33.5 Å². The van der Waals surface area contributed by atoms with Crippen LogP contribution in [0.4, 0.5) is 0 Å². The molecule has 19 heavy (non-hydrogen) atoms. The van der Waals surface area contributed by atoms with Gasteiger partial charge in [0.05, 0.1) is 0 Å². The molecular formula is C14H16BrN3S. The predicted octanol–water partition coefficient (Wildman–Crippen LogP) is 4.88. The van der Waals surface area contributed by atoms with E-state index in [2.05, 4.69) is 36.8 Å². The molecule has 0 radical (unpaired) electrons. The normalized spacial score (nSPS) is 16.7. The zero-order chi connectivity index (χ0) is 13.2. The minimum Gasteiger partial charge on any atom is -0.297 e. The van der Waals surface area contributed by atoms with Crippen molar-refractivity contribution in [1.82, 2.24) is 14.8 Å². The van der Waals surface area contributed by atoms with E-state index in [0.29, 0.717) is 6.04 Å². The van der Waals surface area contributed by atoms with Crippen molar-refractivity contribution in [2.75, 3.05) is 0 Å². The SMILES string of the molecule is S=c1[nH]nc(-c2ccccc2Br)n1C1CCCCC1. The van der Waals surface area contributed by atoms with E-state index in [4.69, 9.17) is 12.2 Å². The van der Waals surface area contributed by atoms with Gasteiger partial charge in [0.2, 0.25) is 0 Å². The van der Waals surface area contributed by atoms with Gasteiger partial charge < -0.3 is 0 Å². The molecule has 2 aromatic rings. The van der Waals surface area contributed by atoms with Gasteiger partial charge in [-0.3, -0.25) is 9.67 Å². The van der Waals surface area contributed by atoms with Gasteiger partial charge in [0.15, 0.2) is 10.6 Å². The lowest BCUT2D eigenvalue weighted by atomic mass is 9.95. The monoisotopic (exact) mass is 337 g/mol. The molecule has 0 bridgehead atoms. The van der Waals surface area contributed by atoms with Gasteiger partial charge >= 0.3 is 0 Å². The number of aromatic amines is 1. The van der Waals surface area contributed by atoms with Gasteiger partial charge in [0.1, 0.15) is 0 Å². The molecule has 1 aromatic carbocycles. The Morgan fingerprint density at radius 1 is 1.21 bits per heavy atom. The summed E-state index contributed by atoms with van der Waals surface area (Å²) in [5, 5.41) is 7.39. The Labute approximate surface area is 126 Å². The molecule has 0 saturated heterocycles. The van der Waals surface area contributed by atoms with Gasteiger partial charge in [0.25, 0.3) is 0 Å². The Kier molecular flexibility index (Phi) is 3.84.